The summed E-state index contributed by atoms with van der Waals surface area (Å²) in [5.41, 5.74) is 7.73. The second-order valence-electron chi connectivity index (χ2n) is 4.73. The molecule has 5 N–H and O–H groups in total. The number of rotatable bonds is 4. The van der Waals surface area contributed by atoms with Crippen LogP contribution in [-0.2, 0) is 4.79 Å². The Bertz CT molecular complexity index is 486. The maximum absolute atomic E-state index is 11.7. The molecule has 0 radical (unpaired) electrons. The number of aliphatic carboxylic acids is 1. The quantitative estimate of drug-likeness (QED) is 0.623. The third kappa shape index (κ3) is 4.17. The van der Waals surface area contributed by atoms with Gasteiger partial charge in [-0.1, -0.05) is 19.9 Å². The summed E-state index contributed by atoms with van der Waals surface area (Å²) in [6, 6.07) is 3.62. The van der Waals surface area contributed by atoms with Gasteiger partial charge < -0.3 is 21.5 Å². The van der Waals surface area contributed by atoms with E-state index in [0.29, 0.717) is 11.4 Å². The van der Waals surface area contributed by atoms with Crippen LogP contribution in [0.15, 0.2) is 18.2 Å². The number of urea groups is 1. The number of anilines is 2. The summed E-state index contributed by atoms with van der Waals surface area (Å²) >= 11 is 0. The SMILES string of the molecule is Cc1ccc(NC(=O)N[C@H](C(=O)O)C(C)C)cc1N. The van der Waals surface area contributed by atoms with Crippen molar-refractivity contribution in [1.82, 2.24) is 5.32 Å². The van der Waals surface area contributed by atoms with Crippen molar-refractivity contribution in [3.8, 4) is 0 Å². The molecule has 0 aliphatic heterocycles. The van der Waals surface area contributed by atoms with Gasteiger partial charge in [0.1, 0.15) is 6.04 Å². The van der Waals surface area contributed by atoms with Crippen LogP contribution in [0.1, 0.15) is 19.4 Å². The summed E-state index contributed by atoms with van der Waals surface area (Å²) in [5.74, 6) is -1.26. The summed E-state index contributed by atoms with van der Waals surface area (Å²) in [7, 11) is 0. The number of nitrogens with two attached hydrogens (primary N) is 1. The largest absolute Gasteiger partial charge is 0.480 e. The molecule has 1 atom stereocenters. The van der Waals surface area contributed by atoms with E-state index in [4.69, 9.17) is 10.8 Å². The predicted molar refractivity (Wildman–Crippen MR) is 74.0 cm³/mol. The zero-order chi connectivity index (χ0) is 14.6. The van der Waals surface area contributed by atoms with Gasteiger partial charge in [0.05, 0.1) is 0 Å². The molecule has 0 aliphatic carbocycles. The highest BCUT2D eigenvalue weighted by molar-refractivity contribution is 5.92. The molecule has 1 aromatic rings. The van der Waals surface area contributed by atoms with Gasteiger partial charge in [-0.2, -0.15) is 0 Å². The second-order valence-corrected chi connectivity index (χ2v) is 4.73. The summed E-state index contributed by atoms with van der Waals surface area (Å²) < 4.78 is 0. The molecule has 0 unspecified atom stereocenters. The standard InChI is InChI=1S/C13H19N3O3/c1-7(2)11(12(17)18)16-13(19)15-9-5-4-8(3)10(14)6-9/h4-7,11H,14H2,1-3H3,(H,17,18)(H2,15,16,19)/t11-/m0/s1. The van der Waals surface area contributed by atoms with Gasteiger partial charge in [-0.05, 0) is 30.5 Å². The van der Waals surface area contributed by atoms with Gasteiger partial charge in [0.25, 0.3) is 0 Å². The van der Waals surface area contributed by atoms with Crippen LogP contribution in [-0.4, -0.2) is 23.1 Å². The molecule has 0 heterocycles. The van der Waals surface area contributed by atoms with E-state index >= 15 is 0 Å². The van der Waals surface area contributed by atoms with Crippen LogP contribution in [0.4, 0.5) is 16.2 Å². The van der Waals surface area contributed by atoms with Crippen molar-refractivity contribution < 1.29 is 14.7 Å². The Hall–Kier alpha value is -2.24. The second kappa shape index (κ2) is 6.08. The zero-order valence-electron chi connectivity index (χ0n) is 11.2. The molecule has 2 amide bonds. The summed E-state index contributed by atoms with van der Waals surface area (Å²) in [6.07, 6.45) is 0. The molecule has 0 saturated heterocycles. The van der Waals surface area contributed by atoms with Crippen molar-refractivity contribution in [2.45, 2.75) is 26.8 Å². The average molecular weight is 265 g/mol. The van der Waals surface area contributed by atoms with E-state index in [9.17, 15) is 9.59 Å². The van der Waals surface area contributed by atoms with Gasteiger partial charge in [-0.15, -0.1) is 0 Å². The lowest BCUT2D eigenvalue weighted by molar-refractivity contribution is -0.140. The molecule has 0 fully saturated rings. The molecule has 0 aromatic heterocycles. The number of nitrogens with one attached hydrogen (secondary N) is 2. The normalized spacial score (nSPS) is 12.0. The lowest BCUT2D eigenvalue weighted by atomic mass is 10.1. The first-order chi connectivity index (χ1) is 8.81. The van der Waals surface area contributed by atoms with Crippen molar-refractivity contribution in [3.63, 3.8) is 0 Å². The van der Waals surface area contributed by atoms with Crippen molar-refractivity contribution in [2.24, 2.45) is 5.92 Å². The molecule has 0 spiro atoms. The molecule has 0 aliphatic rings. The highest BCUT2D eigenvalue weighted by atomic mass is 16.4. The molecule has 1 aromatic carbocycles. The summed E-state index contributed by atoms with van der Waals surface area (Å²) in [4.78, 5) is 22.7. The number of benzene rings is 1. The van der Waals surface area contributed by atoms with Crippen LogP contribution in [0, 0.1) is 12.8 Å². The van der Waals surface area contributed by atoms with E-state index < -0.39 is 18.0 Å². The van der Waals surface area contributed by atoms with Gasteiger partial charge in [-0.3, -0.25) is 0 Å². The predicted octanol–water partition coefficient (Wildman–Crippen LogP) is 1.81. The van der Waals surface area contributed by atoms with Crippen LogP contribution in [0.3, 0.4) is 0 Å². The average Bonchev–Trinajstić information content (AvgIpc) is 2.30. The Morgan fingerprint density at radius 2 is 1.95 bits per heavy atom. The highest BCUT2D eigenvalue weighted by Crippen LogP contribution is 2.16. The zero-order valence-corrected chi connectivity index (χ0v) is 11.2. The molecule has 6 heteroatoms. The number of carboxylic acid groups (broad SMARTS) is 1. The van der Waals surface area contributed by atoms with E-state index in [1.165, 1.54) is 0 Å². The van der Waals surface area contributed by atoms with E-state index in [-0.39, 0.29) is 5.92 Å². The number of hydrogen-bond donors (Lipinski definition) is 4. The van der Waals surface area contributed by atoms with Crippen LogP contribution < -0.4 is 16.4 Å². The van der Waals surface area contributed by atoms with Crippen LogP contribution in [0.2, 0.25) is 0 Å². The van der Waals surface area contributed by atoms with Crippen LogP contribution in [0.5, 0.6) is 0 Å². The van der Waals surface area contributed by atoms with E-state index in [1.807, 2.05) is 6.92 Å². The number of carboxylic acids is 1. The summed E-state index contributed by atoms with van der Waals surface area (Å²) in [6.45, 7) is 5.31. The van der Waals surface area contributed by atoms with Crippen molar-refractivity contribution >= 4 is 23.4 Å². The fourth-order valence-corrected chi connectivity index (χ4v) is 1.54. The number of carbonyl (C=O) groups is 2. The number of carbonyl (C=O) groups excluding carboxylic acids is 1. The molecule has 1 rings (SSSR count). The Balaban J connectivity index is 2.69. The molecule has 0 saturated carbocycles. The summed E-state index contributed by atoms with van der Waals surface area (Å²) in [5, 5.41) is 13.9. The van der Waals surface area contributed by atoms with Gasteiger partial charge >= 0.3 is 12.0 Å². The Morgan fingerprint density at radius 3 is 2.42 bits per heavy atom. The van der Waals surface area contributed by atoms with Crippen LogP contribution in [0.25, 0.3) is 0 Å². The van der Waals surface area contributed by atoms with E-state index in [1.54, 1.807) is 32.0 Å². The first kappa shape index (κ1) is 14.8. The molecule has 0 bridgehead atoms. The first-order valence-corrected chi connectivity index (χ1v) is 5.97. The number of amides is 2. The Kier molecular flexibility index (Phi) is 4.74. The minimum absolute atomic E-state index is 0.202. The van der Waals surface area contributed by atoms with Gasteiger partial charge in [0.15, 0.2) is 0 Å². The van der Waals surface area contributed by atoms with Gasteiger partial charge in [-0.25, -0.2) is 9.59 Å². The number of aryl methyl sites for hydroxylation is 1. The van der Waals surface area contributed by atoms with Gasteiger partial charge in [0.2, 0.25) is 0 Å². The Labute approximate surface area is 112 Å². The minimum Gasteiger partial charge on any atom is -0.480 e. The lowest BCUT2D eigenvalue weighted by Gasteiger charge is -2.18. The number of nitrogen functional groups attached to an aromatic ring is 1. The minimum atomic E-state index is -1.06. The van der Waals surface area contributed by atoms with Crippen molar-refractivity contribution in [3.05, 3.63) is 23.8 Å². The van der Waals surface area contributed by atoms with E-state index in [0.717, 1.165) is 5.56 Å². The molecule has 19 heavy (non-hydrogen) atoms. The maximum atomic E-state index is 11.7. The molecular formula is C13H19N3O3. The topological polar surface area (TPSA) is 104 Å². The van der Waals surface area contributed by atoms with E-state index in [2.05, 4.69) is 10.6 Å². The maximum Gasteiger partial charge on any atom is 0.326 e. The fraction of sp³-hybridized carbons (Fsp3) is 0.385. The Morgan fingerprint density at radius 1 is 1.32 bits per heavy atom. The molecular weight excluding hydrogens is 246 g/mol. The third-order valence-electron chi connectivity index (χ3n) is 2.76. The molecule has 6 nitrogen and oxygen atoms in total. The smallest absolute Gasteiger partial charge is 0.326 e. The van der Waals surface area contributed by atoms with Gasteiger partial charge in [0, 0.05) is 11.4 Å². The highest BCUT2D eigenvalue weighted by Gasteiger charge is 2.23. The van der Waals surface area contributed by atoms with Crippen molar-refractivity contribution in [2.75, 3.05) is 11.1 Å². The molecule has 104 valence electrons. The van der Waals surface area contributed by atoms with Crippen molar-refractivity contribution in [1.29, 1.82) is 0 Å². The number of hydrogen-bond acceptors (Lipinski definition) is 3. The van der Waals surface area contributed by atoms with Crippen LogP contribution >= 0.6 is 0 Å². The first-order valence-electron chi connectivity index (χ1n) is 5.97. The fourth-order valence-electron chi connectivity index (χ4n) is 1.54. The third-order valence-corrected chi connectivity index (χ3v) is 2.76. The monoisotopic (exact) mass is 265 g/mol. The lowest BCUT2D eigenvalue weighted by Crippen LogP contribution is -2.46.